The molecule has 1 saturated carbocycles. The molecule has 2 N–H and O–H groups in total. The fraction of sp³-hybridized carbons (Fsp3) is 0.400. The van der Waals surface area contributed by atoms with E-state index in [2.05, 4.69) is 4.98 Å². The number of nitrogens with one attached hydrogen (secondary N) is 1. The minimum absolute atomic E-state index is 0.605. The van der Waals surface area contributed by atoms with Crippen molar-refractivity contribution >= 4 is 16.9 Å². The topological polar surface area (TPSA) is 62.3 Å². The molecule has 0 amide bonds. The smallest absolute Gasteiger partial charge is 0.314 e. The van der Waals surface area contributed by atoms with Crippen LogP contribution in [-0.4, -0.2) is 22.7 Å². The maximum Gasteiger partial charge on any atom is 0.314 e. The van der Waals surface area contributed by atoms with Gasteiger partial charge in [0.1, 0.15) is 5.75 Å². The lowest BCUT2D eigenvalue weighted by Gasteiger charge is -2.11. The molecule has 4 nitrogen and oxygen atoms in total. The Morgan fingerprint density at radius 1 is 1.47 bits per heavy atom. The van der Waals surface area contributed by atoms with Crippen molar-refractivity contribution in [2.24, 2.45) is 0 Å². The zero-order chi connectivity index (χ0) is 13.6. The van der Waals surface area contributed by atoms with Crippen molar-refractivity contribution < 1.29 is 14.6 Å². The maximum atomic E-state index is 11.5. The minimum atomic E-state index is -0.724. The van der Waals surface area contributed by atoms with Crippen LogP contribution in [0.25, 0.3) is 10.9 Å². The first-order valence-electron chi connectivity index (χ1n) is 6.57. The molecule has 0 aliphatic heterocycles. The molecular weight excluding hydrogens is 242 g/mol. The average molecular weight is 259 g/mol. The normalized spacial score (nSPS) is 16.5. The van der Waals surface area contributed by atoms with Crippen LogP contribution in [-0.2, 0) is 10.2 Å². The third kappa shape index (κ3) is 1.70. The first-order chi connectivity index (χ1) is 9.08. The molecule has 0 radical (unpaired) electrons. The molecule has 19 heavy (non-hydrogen) atoms. The highest BCUT2D eigenvalue weighted by molar-refractivity contribution is 5.95. The summed E-state index contributed by atoms with van der Waals surface area (Å²) in [4.78, 5) is 14.8. The summed E-state index contributed by atoms with van der Waals surface area (Å²) in [5.74, 6) is 0.0646. The summed E-state index contributed by atoms with van der Waals surface area (Å²) in [5.41, 5.74) is 2.16. The van der Waals surface area contributed by atoms with E-state index in [1.807, 2.05) is 32.0 Å². The Kier molecular flexibility index (Phi) is 2.55. The largest absolute Gasteiger partial charge is 0.494 e. The van der Waals surface area contributed by atoms with E-state index in [0.717, 1.165) is 40.8 Å². The number of rotatable bonds is 4. The average Bonchev–Trinajstić information content (AvgIpc) is 3.09. The van der Waals surface area contributed by atoms with Gasteiger partial charge in [0, 0.05) is 16.6 Å². The number of hydrogen-bond acceptors (Lipinski definition) is 2. The number of carboxylic acid groups (broad SMARTS) is 1. The third-order valence-electron chi connectivity index (χ3n) is 3.91. The van der Waals surface area contributed by atoms with Gasteiger partial charge in [-0.1, -0.05) is 0 Å². The van der Waals surface area contributed by atoms with Crippen LogP contribution < -0.4 is 4.74 Å². The molecule has 0 spiro atoms. The highest BCUT2D eigenvalue weighted by atomic mass is 16.5. The minimum Gasteiger partial charge on any atom is -0.494 e. The molecule has 0 atom stereocenters. The van der Waals surface area contributed by atoms with Crippen molar-refractivity contribution in [1.29, 1.82) is 0 Å². The third-order valence-corrected chi connectivity index (χ3v) is 3.91. The number of carboxylic acids is 1. The summed E-state index contributed by atoms with van der Waals surface area (Å²) in [6.45, 7) is 4.49. The van der Waals surface area contributed by atoms with Crippen molar-refractivity contribution in [3.8, 4) is 5.75 Å². The fourth-order valence-electron chi connectivity index (χ4n) is 2.87. The van der Waals surface area contributed by atoms with E-state index in [1.165, 1.54) is 0 Å². The number of aromatic amines is 1. The first kappa shape index (κ1) is 12.1. The standard InChI is InChI=1S/C15H17NO3/c1-3-19-10-4-5-12-11(8-10)13(9(2)16-12)15(6-7-15)14(17)18/h4-5,8,16H,3,6-7H2,1-2H3,(H,17,18). The molecular formula is C15H17NO3. The van der Waals surface area contributed by atoms with Crippen LogP contribution >= 0.6 is 0 Å². The van der Waals surface area contributed by atoms with Gasteiger partial charge in [0.2, 0.25) is 0 Å². The number of benzene rings is 1. The summed E-state index contributed by atoms with van der Waals surface area (Å²) < 4.78 is 5.51. The molecule has 100 valence electrons. The van der Waals surface area contributed by atoms with E-state index in [1.54, 1.807) is 0 Å². The van der Waals surface area contributed by atoms with E-state index >= 15 is 0 Å². The number of carbonyl (C=O) groups is 1. The Balaban J connectivity index is 2.20. The number of aryl methyl sites for hydroxylation is 1. The summed E-state index contributed by atoms with van der Waals surface area (Å²) >= 11 is 0. The Labute approximate surface area is 111 Å². The van der Waals surface area contributed by atoms with Crippen LogP contribution in [0.1, 0.15) is 31.0 Å². The molecule has 0 saturated heterocycles. The van der Waals surface area contributed by atoms with Crippen LogP contribution in [0.5, 0.6) is 5.75 Å². The monoisotopic (exact) mass is 259 g/mol. The second-order valence-electron chi connectivity index (χ2n) is 5.15. The van der Waals surface area contributed by atoms with Gasteiger partial charge in [0.15, 0.2) is 0 Å². The molecule has 1 aromatic carbocycles. The molecule has 4 heteroatoms. The molecule has 1 heterocycles. The van der Waals surface area contributed by atoms with Crippen LogP contribution in [0, 0.1) is 6.92 Å². The van der Waals surface area contributed by atoms with Crippen molar-refractivity contribution in [3.05, 3.63) is 29.5 Å². The van der Waals surface area contributed by atoms with Crippen molar-refractivity contribution in [1.82, 2.24) is 4.98 Å². The molecule has 1 fully saturated rings. The van der Waals surface area contributed by atoms with Gasteiger partial charge in [-0.15, -0.1) is 0 Å². The highest BCUT2D eigenvalue weighted by Gasteiger charge is 2.53. The lowest BCUT2D eigenvalue weighted by atomic mass is 9.93. The number of ether oxygens (including phenoxy) is 1. The highest BCUT2D eigenvalue weighted by Crippen LogP contribution is 2.52. The summed E-state index contributed by atoms with van der Waals surface area (Å²) in [5, 5.41) is 10.5. The number of aromatic nitrogens is 1. The summed E-state index contributed by atoms with van der Waals surface area (Å²) in [6, 6.07) is 5.81. The lowest BCUT2D eigenvalue weighted by molar-refractivity contribution is -0.140. The van der Waals surface area contributed by atoms with Gasteiger partial charge >= 0.3 is 5.97 Å². The van der Waals surface area contributed by atoms with Crippen LogP contribution in [0.3, 0.4) is 0 Å². The number of fused-ring (bicyclic) bond motifs is 1. The van der Waals surface area contributed by atoms with E-state index in [-0.39, 0.29) is 0 Å². The lowest BCUT2D eigenvalue weighted by Crippen LogP contribution is -2.20. The van der Waals surface area contributed by atoms with Gasteiger partial charge in [-0.05, 0) is 50.5 Å². The SMILES string of the molecule is CCOc1ccc2[nH]c(C)c(C3(C(=O)O)CC3)c2c1. The maximum absolute atomic E-state index is 11.5. The second kappa shape index (κ2) is 4.02. The Bertz CT molecular complexity index is 653. The first-order valence-corrected chi connectivity index (χ1v) is 6.57. The predicted octanol–water partition coefficient (Wildman–Crippen LogP) is 2.99. The molecule has 3 rings (SSSR count). The zero-order valence-corrected chi connectivity index (χ0v) is 11.1. The Morgan fingerprint density at radius 3 is 2.79 bits per heavy atom. The molecule has 1 aliphatic rings. The van der Waals surface area contributed by atoms with Crippen LogP contribution in [0.15, 0.2) is 18.2 Å². The van der Waals surface area contributed by atoms with E-state index in [0.29, 0.717) is 6.61 Å². The van der Waals surface area contributed by atoms with Crippen molar-refractivity contribution in [2.75, 3.05) is 6.61 Å². The molecule has 1 aliphatic carbocycles. The van der Waals surface area contributed by atoms with Crippen molar-refractivity contribution in [3.63, 3.8) is 0 Å². The molecule has 0 bridgehead atoms. The second-order valence-corrected chi connectivity index (χ2v) is 5.15. The van der Waals surface area contributed by atoms with Gasteiger partial charge in [-0.3, -0.25) is 4.79 Å². The van der Waals surface area contributed by atoms with Crippen LogP contribution in [0.4, 0.5) is 0 Å². The van der Waals surface area contributed by atoms with Crippen molar-refractivity contribution in [2.45, 2.75) is 32.1 Å². The molecule has 0 unspecified atom stereocenters. The summed E-state index contributed by atoms with van der Waals surface area (Å²) in [6.07, 6.45) is 1.43. The molecule has 1 aromatic heterocycles. The van der Waals surface area contributed by atoms with Gasteiger partial charge in [-0.25, -0.2) is 0 Å². The molecule has 2 aromatic rings. The van der Waals surface area contributed by atoms with E-state index < -0.39 is 11.4 Å². The van der Waals surface area contributed by atoms with Gasteiger partial charge in [-0.2, -0.15) is 0 Å². The van der Waals surface area contributed by atoms with E-state index in [9.17, 15) is 9.90 Å². The van der Waals surface area contributed by atoms with Crippen LogP contribution in [0.2, 0.25) is 0 Å². The Hall–Kier alpha value is -1.97. The number of aliphatic carboxylic acids is 1. The number of H-pyrrole nitrogens is 1. The van der Waals surface area contributed by atoms with Gasteiger partial charge in [0.25, 0.3) is 0 Å². The number of hydrogen-bond donors (Lipinski definition) is 2. The fourth-order valence-corrected chi connectivity index (χ4v) is 2.87. The zero-order valence-electron chi connectivity index (χ0n) is 11.1. The van der Waals surface area contributed by atoms with Gasteiger partial charge in [0.05, 0.1) is 12.0 Å². The quantitative estimate of drug-likeness (QED) is 0.887. The predicted molar refractivity (Wildman–Crippen MR) is 72.8 cm³/mol. The summed E-state index contributed by atoms with van der Waals surface area (Å²) in [7, 11) is 0. The van der Waals surface area contributed by atoms with E-state index in [4.69, 9.17) is 4.74 Å². The van der Waals surface area contributed by atoms with Gasteiger partial charge < -0.3 is 14.8 Å². The Morgan fingerprint density at radius 2 is 2.21 bits per heavy atom.